The van der Waals surface area contributed by atoms with Crippen molar-refractivity contribution in [2.24, 2.45) is 13.0 Å². The fourth-order valence-corrected chi connectivity index (χ4v) is 2.74. The number of aryl methyl sites for hydroxylation is 1. The van der Waals surface area contributed by atoms with Crippen LogP contribution in [0, 0.1) is 5.92 Å². The van der Waals surface area contributed by atoms with Crippen LogP contribution < -0.4 is 5.32 Å². The van der Waals surface area contributed by atoms with Crippen molar-refractivity contribution in [3.05, 3.63) is 42.4 Å². The van der Waals surface area contributed by atoms with E-state index in [2.05, 4.69) is 20.6 Å². The minimum Gasteiger partial charge on any atom is -0.326 e. The normalized spacial score (nSPS) is 20.6. The molecule has 1 fully saturated rings. The average Bonchev–Trinajstić information content (AvgIpc) is 2.93. The first-order valence-electron chi connectivity index (χ1n) is 6.93. The van der Waals surface area contributed by atoms with E-state index >= 15 is 0 Å². The number of benzene rings is 1. The summed E-state index contributed by atoms with van der Waals surface area (Å²) in [7, 11) is 1.89. The van der Waals surface area contributed by atoms with E-state index < -0.39 is 0 Å². The molecule has 1 aromatic carbocycles. The van der Waals surface area contributed by atoms with Gasteiger partial charge >= 0.3 is 0 Å². The molecule has 1 amide bonds. The van der Waals surface area contributed by atoms with Gasteiger partial charge in [-0.2, -0.15) is 10.2 Å². The first kappa shape index (κ1) is 12.1. The SMILES string of the molecule is Cn1cc([C@@H]2C[C@@H]2C(=O)Nc2ccc3[nH]ncc3c2)cn1. The Labute approximate surface area is 121 Å². The van der Waals surface area contributed by atoms with Gasteiger partial charge in [0.05, 0.1) is 17.9 Å². The minimum atomic E-state index is 0.0502. The van der Waals surface area contributed by atoms with Crippen LogP contribution in [0.1, 0.15) is 17.9 Å². The summed E-state index contributed by atoms with van der Waals surface area (Å²) in [5.41, 5.74) is 2.92. The van der Waals surface area contributed by atoms with Gasteiger partial charge in [0.25, 0.3) is 0 Å². The third-order valence-corrected chi connectivity index (χ3v) is 3.99. The molecule has 1 aliphatic rings. The van der Waals surface area contributed by atoms with E-state index in [1.165, 1.54) is 0 Å². The van der Waals surface area contributed by atoms with Crippen LogP contribution in [0.4, 0.5) is 5.69 Å². The van der Waals surface area contributed by atoms with Crippen molar-refractivity contribution in [1.82, 2.24) is 20.0 Å². The van der Waals surface area contributed by atoms with Gasteiger partial charge in [-0.05, 0) is 36.1 Å². The summed E-state index contributed by atoms with van der Waals surface area (Å²) in [6.45, 7) is 0. The summed E-state index contributed by atoms with van der Waals surface area (Å²) in [6.07, 6.45) is 6.47. The number of fused-ring (bicyclic) bond motifs is 1. The molecule has 1 saturated carbocycles. The average molecular weight is 281 g/mol. The highest BCUT2D eigenvalue weighted by molar-refractivity contribution is 5.97. The van der Waals surface area contributed by atoms with Crippen molar-refractivity contribution >= 4 is 22.5 Å². The Morgan fingerprint density at radius 3 is 3.14 bits per heavy atom. The van der Waals surface area contributed by atoms with Crippen molar-refractivity contribution in [3.8, 4) is 0 Å². The van der Waals surface area contributed by atoms with E-state index in [1.807, 2.05) is 37.6 Å². The van der Waals surface area contributed by atoms with E-state index in [0.29, 0.717) is 5.92 Å². The Balaban J connectivity index is 1.46. The second-order valence-electron chi connectivity index (χ2n) is 5.56. The predicted octanol–water partition coefficient (Wildman–Crippen LogP) is 2.04. The molecule has 4 rings (SSSR count). The molecule has 2 atom stereocenters. The number of carbonyl (C=O) groups is 1. The van der Waals surface area contributed by atoms with Crippen LogP contribution in [-0.2, 0) is 11.8 Å². The van der Waals surface area contributed by atoms with Gasteiger partial charge in [-0.15, -0.1) is 0 Å². The molecule has 2 N–H and O–H groups in total. The largest absolute Gasteiger partial charge is 0.326 e. The summed E-state index contributed by atoms with van der Waals surface area (Å²) in [6, 6.07) is 5.74. The Morgan fingerprint density at radius 2 is 2.33 bits per heavy atom. The standard InChI is InChI=1S/C15H15N5O/c1-20-8-10(7-17-20)12-5-13(12)15(21)18-11-2-3-14-9(4-11)6-16-19-14/h2-4,6-8,12-13H,5H2,1H3,(H,16,19)(H,18,21)/t12-,13-/m0/s1. The van der Waals surface area contributed by atoms with Gasteiger partial charge < -0.3 is 5.32 Å². The summed E-state index contributed by atoms with van der Waals surface area (Å²) in [5.74, 6) is 0.428. The molecule has 3 aromatic rings. The summed E-state index contributed by atoms with van der Waals surface area (Å²) in [4.78, 5) is 12.3. The third kappa shape index (κ3) is 2.18. The number of amides is 1. The van der Waals surface area contributed by atoms with Crippen LogP contribution in [0.25, 0.3) is 10.9 Å². The van der Waals surface area contributed by atoms with Crippen molar-refractivity contribution in [1.29, 1.82) is 0 Å². The number of nitrogens with one attached hydrogen (secondary N) is 2. The predicted molar refractivity (Wildman–Crippen MR) is 78.8 cm³/mol. The van der Waals surface area contributed by atoms with Gasteiger partial charge in [0, 0.05) is 30.2 Å². The van der Waals surface area contributed by atoms with Crippen molar-refractivity contribution in [2.45, 2.75) is 12.3 Å². The molecule has 0 saturated heterocycles. The number of aromatic nitrogens is 4. The highest BCUT2D eigenvalue weighted by Gasteiger charge is 2.44. The number of aromatic amines is 1. The lowest BCUT2D eigenvalue weighted by atomic mass is 10.2. The van der Waals surface area contributed by atoms with Gasteiger partial charge in [-0.1, -0.05) is 0 Å². The van der Waals surface area contributed by atoms with Crippen LogP contribution in [0.3, 0.4) is 0 Å². The molecule has 0 unspecified atom stereocenters. The maximum absolute atomic E-state index is 12.3. The molecule has 21 heavy (non-hydrogen) atoms. The van der Waals surface area contributed by atoms with Gasteiger partial charge in [0.15, 0.2) is 0 Å². The Hall–Kier alpha value is -2.63. The Bertz CT molecular complexity index is 818. The molecule has 0 radical (unpaired) electrons. The van der Waals surface area contributed by atoms with E-state index in [1.54, 1.807) is 10.9 Å². The lowest BCUT2D eigenvalue weighted by Crippen LogP contribution is -2.14. The first-order chi connectivity index (χ1) is 10.2. The Kier molecular flexibility index (Phi) is 2.57. The van der Waals surface area contributed by atoms with Crippen LogP contribution in [0.5, 0.6) is 0 Å². The van der Waals surface area contributed by atoms with Crippen LogP contribution >= 0.6 is 0 Å². The molecule has 6 heteroatoms. The monoisotopic (exact) mass is 281 g/mol. The van der Waals surface area contributed by atoms with Crippen molar-refractivity contribution < 1.29 is 4.79 Å². The van der Waals surface area contributed by atoms with E-state index in [-0.39, 0.29) is 11.8 Å². The maximum atomic E-state index is 12.3. The van der Waals surface area contributed by atoms with E-state index in [4.69, 9.17) is 0 Å². The van der Waals surface area contributed by atoms with Crippen LogP contribution in [-0.4, -0.2) is 25.9 Å². The second kappa shape index (κ2) is 4.44. The fourth-order valence-electron chi connectivity index (χ4n) is 2.74. The summed E-state index contributed by atoms with van der Waals surface area (Å²) < 4.78 is 1.77. The Morgan fingerprint density at radius 1 is 1.43 bits per heavy atom. The first-order valence-corrected chi connectivity index (χ1v) is 6.93. The topological polar surface area (TPSA) is 75.6 Å². The number of hydrogen-bond acceptors (Lipinski definition) is 3. The molecule has 6 nitrogen and oxygen atoms in total. The molecular formula is C15H15N5O. The maximum Gasteiger partial charge on any atom is 0.228 e. The summed E-state index contributed by atoms with van der Waals surface area (Å²) in [5, 5.41) is 15.0. The highest BCUT2D eigenvalue weighted by Crippen LogP contribution is 2.47. The molecule has 106 valence electrons. The lowest BCUT2D eigenvalue weighted by Gasteiger charge is -2.04. The molecule has 1 aliphatic carbocycles. The van der Waals surface area contributed by atoms with Crippen LogP contribution in [0.2, 0.25) is 0 Å². The van der Waals surface area contributed by atoms with Crippen molar-refractivity contribution in [2.75, 3.05) is 5.32 Å². The number of anilines is 1. The quantitative estimate of drug-likeness (QED) is 0.771. The molecule has 0 spiro atoms. The number of rotatable bonds is 3. The highest BCUT2D eigenvalue weighted by atomic mass is 16.2. The zero-order valence-corrected chi connectivity index (χ0v) is 11.6. The number of carbonyl (C=O) groups excluding carboxylic acids is 1. The van der Waals surface area contributed by atoms with Crippen molar-refractivity contribution in [3.63, 3.8) is 0 Å². The third-order valence-electron chi connectivity index (χ3n) is 3.99. The minimum absolute atomic E-state index is 0.0502. The van der Waals surface area contributed by atoms with Gasteiger partial charge in [0.1, 0.15) is 0 Å². The lowest BCUT2D eigenvalue weighted by molar-refractivity contribution is -0.117. The molecule has 0 aliphatic heterocycles. The smallest absolute Gasteiger partial charge is 0.228 e. The van der Waals surface area contributed by atoms with E-state index in [9.17, 15) is 4.79 Å². The zero-order valence-electron chi connectivity index (χ0n) is 11.6. The molecule has 2 aromatic heterocycles. The number of hydrogen-bond donors (Lipinski definition) is 2. The van der Waals surface area contributed by atoms with Gasteiger partial charge in [-0.3, -0.25) is 14.6 Å². The summed E-state index contributed by atoms with van der Waals surface area (Å²) >= 11 is 0. The van der Waals surface area contributed by atoms with E-state index in [0.717, 1.165) is 28.6 Å². The van der Waals surface area contributed by atoms with Gasteiger partial charge in [0.2, 0.25) is 5.91 Å². The molecule has 2 heterocycles. The second-order valence-corrected chi connectivity index (χ2v) is 5.56. The van der Waals surface area contributed by atoms with Gasteiger partial charge in [-0.25, -0.2) is 0 Å². The molecule has 0 bridgehead atoms. The number of nitrogens with zero attached hydrogens (tertiary/aromatic N) is 3. The van der Waals surface area contributed by atoms with Crippen LogP contribution in [0.15, 0.2) is 36.8 Å². The zero-order chi connectivity index (χ0) is 14.4. The fraction of sp³-hybridized carbons (Fsp3) is 0.267. The number of H-pyrrole nitrogens is 1. The molecular weight excluding hydrogens is 266 g/mol.